The minimum absolute atomic E-state index is 0.0202. The molecular weight excluding hydrogens is 334 g/mol. The van der Waals surface area contributed by atoms with Gasteiger partial charge in [-0.15, -0.1) is 0 Å². The number of carbonyl (C=O) groups is 1. The molecule has 0 aromatic heterocycles. The monoisotopic (exact) mass is 347 g/mol. The lowest BCUT2D eigenvalue weighted by Crippen LogP contribution is -2.29. The van der Waals surface area contributed by atoms with Crippen molar-refractivity contribution in [1.29, 1.82) is 0 Å². The molecule has 1 aliphatic heterocycles. The number of hydrogen-bond donors (Lipinski definition) is 1. The largest absolute Gasteiger partial charge is 0.481 e. The van der Waals surface area contributed by atoms with Crippen molar-refractivity contribution in [3.63, 3.8) is 0 Å². The Balaban J connectivity index is 2.13. The highest BCUT2D eigenvalue weighted by atomic mass is 79.9. The van der Waals surface area contributed by atoms with Crippen LogP contribution in [0.25, 0.3) is 0 Å². The number of carboxylic acids is 1. The van der Waals surface area contributed by atoms with Gasteiger partial charge in [0.2, 0.25) is 10.0 Å². The van der Waals surface area contributed by atoms with Crippen molar-refractivity contribution in [2.75, 3.05) is 13.1 Å². The van der Waals surface area contributed by atoms with Crippen molar-refractivity contribution in [1.82, 2.24) is 4.31 Å². The molecule has 19 heavy (non-hydrogen) atoms. The fourth-order valence-corrected chi connectivity index (χ4v) is 3.98. The standard InChI is InChI=1S/C12H14BrNO4S/c13-10-1-3-11(4-2-10)19(17,18)14-6-5-9(8-14)7-12(15)16/h1-4,9H,5-8H2,(H,15,16). The van der Waals surface area contributed by atoms with Crippen LogP contribution in [-0.4, -0.2) is 36.9 Å². The van der Waals surface area contributed by atoms with Gasteiger partial charge in [0.25, 0.3) is 0 Å². The lowest BCUT2D eigenvalue weighted by molar-refractivity contribution is -0.137. The van der Waals surface area contributed by atoms with Crippen molar-refractivity contribution >= 4 is 31.9 Å². The van der Waals surface area contributed by atoms with Gasteiger partial charge in [0.1, 0.15) is 0 Å². The van der Waals surface area contributed by atoms with Crippen LogP contribution in [-0.2, 0) is 14.8 Å². The van der Waals surface area contributed by atoms with Gasteiger partial charge in [0.15, 0.2) is 0 Å². The van der Waals surface area contributed by atoms with E-state index in [1.807, 2.05) is 0 Å². The molecule has 1 N–H and O–H groups in total. The van der Waals surface area contributed by atoms with Crippen LogP contribution in [0, 0.1) is 5.92 Å². The summed E-state index contributed by atoms with van der Waals surface area (Å²) in [4.78, 5) is 10.9. The van der Waals surface area contributed by atoms with E-state index in [-0.39, 0.29) is 23.8 Å². The molecule has 1 atom stereocenters. The molecule has 1 aromatic carbocycles. The Morgan fingerprint density at radius 1 is 1.37 bits per heavy atom. The fraction of sp³-hybridized carbons (Fsp3) is 0.417. The first-order valence-corrected chi connectivity index (χ1v) is 8.10. The van der Waals surface area contributed by atoms with E-state index in [9.17, 15) is 13.2 Å². The van der Waals surface area contributed by atoms with Gasteiger partial charge in [-0.05, 0) is 36.6 Å². The third-order valence-corrected chi connectivity index (χ3v) is 5.57. The molecule has 1 aromatic rings. The van der Waals surface area contributed by atoms with Crippen LogP contribution in [0.1, 0.15) is 12.8 Å². The van der Waals surface area contributed by atoms with Gasteiger partial charge in [-0.2, -0.15) is 4.31 Å². The predicted molar refractivity (Wildman–Crippen MR) is 73.3 cm³/mol. The molecule has 0 radical (unpaired) electrons. The molecule has 1 aliphatic rings. The second-order valence-corrected chi connectivity index (χ2v) is 7.42. The van der Waals surface area contributed by atoms with Gasteiger partial charge in [-0.25, -0.2) is 8.42 Å². The van der Waals surface area contributed by atoms with Crippen molar-refractivity contribution in [2.45, 2.75) is 17.7 Å². The second kappa shape index (κ2) is 5.60. The number of halogens is 1. The van der Waals surface area contributed by atoms with Gasteiger partial charge in [0.05, 0.1) is 4.90 Å². The van der Waals surface area contributed by atoms with Crippen molar-refractivity contribution in [2.24, 2.45) is 5.92 Å². The summed E-state index contributed by atoms with van der Waals surface area (Å²) in [7, 11) is -3.50. The Morgan fingerprint density at radius 2 is 2.00 bits per heavy atom. The lowest BCUT2D eigenvalue weighted by atomic mass is 10.1. The smallest absolute Gasteiger partial charge is 0.303 e. The topological polar surface area (TPSA) is 74.7 Å². The zero-order chi connectivity index (χ0) is 14.0. The van der Waals surface area contributed by atoms with E-state index in [2.05, 4.69) is 15.9 Å². The van der Waals surface area contributed by atoms with Crippen LogP contribution in [0.2, 0.25) is 0 Å². The Hall–Kier alpha value is -0.920. The summed E-state index contributed by atoms with van der Waals surface area (Å²) in [5, 5.41) is 8.74. The van der Waals surface area contributed by atoms with Crippen molar-refractivity contribution < 1.29 is 18.3 Å². The summed E-state index contributed by atoms with van der Waals surface area (Å²) in [6.07, 6.45) is 0.619. The van der Waals surface area contributed by atoms with Crippen LogP contribution in [0.5, 0.6) is 0 Å². The molecule has 0 bridgehead atoms. The molecule has 0 aliphatic carbocycles. The molecule has 1 unspecified atom stereocenters. The van der Waals surface area contributed by atoms with E-state index in [1.54, 1.807) is 24.3 Å². The summed E-state index contributed by atoms with van der Waals surface area (Å²) < 4.78 is 26.9. The van der Waals surface area contributed by atoms with E-state index in [0.29, 0.717) is 13.0 Å². The molecule has 0 saturated carbocycles. The quantitative estimate of drug-likeness (QED) is 0.902. The number of rotatable bonds is 4. The summed E-state index contributed by atoms with van der Waals surface area (Å²) in [5.41, 5.74) is 0. The van der Waals surface area contributed by atoms with Gasteiger partial charge in [-0.3, -0.25) is 4.79 Å². The number of benzene rings is 1. The van der Waals surface area contributed by atoms with Crippen LogP contribution in [0.3, 0.4) is 0 Å². The SMILES string of the molecule is O=C(O)CC1CCN(S(=O)(=O)c2ccc(Br)cc2)C1. The number of sulfonamides is 1. The molecule has 0 spiro atoms. The average molecular weight is 348 g/mol. The predicted octanol–water partition coefficient (Wildman–Crippen LogP) is 1.93. The first-order valence-electron chi connectivity index (χ1n) is 5.87. The first kappa shape index (κ1) is 14.5. The fourth-order valence-electron chi connectivity index (χ4n) is 2.18. The van der Waals surface area contributed by atoms with Crippen molar-refractivity contribution in [3.05, 3.63) is 28.7 Å². The number of hydrogen-bond acceptors (Lipinski definition) is 3. The molecule has 5 nitrogen and oxygen atoms in total. The van der Waals surface area contributed by atoms with Gasteiger partial charge >= 0.3 is 5.97 Å². The van der Waals surface area contributed by atoms with Crippen LogP contribution in [0.4, 0.5) is 0 Å². The molecular formula is C12H14BrNO4S. The van der Waals surface area contributed by atoms with Crippen LogP contribution >= 0.6 is 15.9 Å². The molecule has 1 saturated heterocycles. The van der Waals surface area contributed by atoms with E-state index >= 15 is 0 Å². The Kier molecular flexibility index (Phi) is 4.27. The zero-order valence-corrected chi connectivity index (χ0v) is 12.5. The molecule has 0 amide bonds. The van der Waals surface area contributed by atoms with Crippen molar-refractivity contribution in [3.8, 4) is 0 Å². The minimum Gasteiger partial charge on any atom is -0.481 e. The summed E-state index contributed by atoms with van der Waals surface area (Å²) >= 11 is 3.26. The van der Waals surface area contributed by atoms with Crippen LogP contribution < -0.4 is 0 Å². The van der Waals surface area contributed by atoms with Gasteiger partial charge < -0.3 is 5.11 Å². The first-order chi connectivity index (χ1) is 8.89. The Labute approximate surface area is 120 Å². The number of nitrogens with zero attached hydrogens (tertiary/aromatic N) is 1. The highest BCUT2D eigenvalue weighted by Gasteiger charge is 2.33. The third kappa shape index (κ3) is 3.34. The van der Waals surface area contributed by atoms with E-state index in [4.69, 9.17) is 5.11 Å². The average Bonchev–Trinajstić information content (AvgIpc) is 2.78. The maximum atomic E-state index is 12.3. The zero-order valence-electron chi connectivity index (χ0n) is 10.1. The van der Waals surface area contributed by atoms with Gasteiger partial charge in [-0.1, -0.05) is 15.9 Å². The Morgan fingerprint density at radius 3 is 2.58 bits per heavy atom. The third-order valence-electron chi connectivity index (χ3n) is 3.16. The molecule has 1 fully saturated rings. The van der Waals surface area contributed by atoms with Gasteiger partial charge in [0, 0.05) is 24.0 Å². The summed E-state index contributed by atoms with van der Waals surface area (Å²) in [6, 6.07) is 6.45. The van der Waals surface area contributed by atoms with E-state index in [1.165, 1.54) is 4.31 Å². The highest BCUT2D eigenvalue weighted by Crippen LogP contribution is 2.26. The van der Waals surface area contributed by atoms with E-state index < -0.39 is 16.0 Å². The lowest BCUT2D eigenvalue weighted by Gasteiger charge is -2.16. The molecule has 1 heterocycles. The normalized spacial score (nSPS) is 20.6. The maximum Gasteiger partial charge on any atom is 0.303 e. The molecule has 7 heteroatoms. The second-order valence-electron chi connectivity index (χ2n) is 4.57. The van der Waals surface area contributed by atoms with Crippen LogP contribution in [0.15, 0.2) is 33.6 Å². The number of carboxylic acid groups (broad SMARTS) is 1. The maximum absolute atomic E-state index is 12.3. The van der Waals surface area contributed by atoms with E-state index in [0.717, 1.165) is 4.47 Å². The molecule has 2 rings (SSSR count). The summed E-state index contributed by atoms with van der Waals surface area (Å²) in [5.74, 6) is -0.976. The summed E-state index contributed by atoms with van der Waals surface area (Å²) in [6.45, 7) is 0.668. The highest BCUT2D eigenvalue weighted by molar-refractivity contribution is 9.10. The molecule has 104 valence electrons. The number of aliphatic carboxylic acids is 1. The Bertz CT molecular complexity index is 570. The minimum atomic E-state index is -3.50.